The number of phenolic OH excluding ortho intramolecular Hbond substituents is 2. The standard InChI is InChI=1S/C17H16BrNO4.C17H14BrNO4/c1-19-9-17(21,16-11(18)3-2-4-12(16)19)10-7-14-15(8-13(10)20)23-6-5-22-14;1-19-11-4-2-3-10(18)16(11)15(17(19)21)9-7-13-14(8-12(9)20)23-6-5-22-13/h2-4,7-8,20-21H,5-6,9H2,1H3;2-4,7-8,15,20H,5-6H2,1H3. The number of aliphatic hydroxyl groups is 1. The van der Waals surface area contributed by atoms with Crippen LogP contribution in [-0.2, 0) is 10.4 Å². The zero-order valence-electron chi connectivity index (χ0n) is 24.9. The molecule has 0 bridgehead atoms. The molecule has 0 spiro atoms. The van der Waals surface area contributed by atoms with Gasteiger partial charge in [-0.15, -0.1) is 0 Å². The molecule has 46 heavy (non-hydrogen) atoms. The third-order valence-corrected chi connectivity index (χ3v) is 10.0. The lowest BCUT2D eigenvalue weighted by Crippen LogP contribution is -2.33. The van der Waals surface area contributed by atoms with Gasteiger partial charge in [0.05, 0.1) is 12.5 Å². The summed E-state index contributed by atoms with van der Waals surface area (Å²) >= 11 is 7.05. The Hall–Kier alpha value is -4.13. The van der Waals surface area contributed by atoms with Crippen molar-refractivity contribution in [1.29, 1.82) is 0 Å². The first kappa shape index (κ1) is 30.5. The number of nitrogens with zero attached hydrogens (tertiary/aromatic N) is 2. The highest BCUT2D eigenvalue weighted by atomic mass is 79.9. The summed E-state index contributed by atoms with van der Waals surface area (Å²) in [6, 6.07) is 17.8. The lowest BCUT2D eigenvalue weighted by atomic mass is 9.87. The smallest absolute Gasteiger partial charge is 0.239 e. The predicted molar refractivity (Wildman–Crippen MR) is 178 cm³/mol. The zero-order valence-corrected chi connectivity index (χ0v) is 28.1. The average Bonchev–Trinajstić information content (AvgIpc) is 3.47. The number of ether oxygens (including phenoxy) is 4. The fraction of sp³-hybridized carbons (Fsp3) is 0.265. The maximum atomic E-state index is 12.8. The third kappa shape index (κ3) is 4.90. The van der Waals surface area contributed by atoms with E-state index in [1.165, 1.54) is 12.1 Å². The number of β-amino-alcohol motifs (C(OH)–C–C–N with tert-alkyl or cyclic N) is 1. The number of anilines is 2. The van der Waals surface area contributed by atoms with Crippen LogP contribution in [0.4, 0.5) is 11.4 Å². The van der Waals surface area contributed by atoms with Crippen LogP contribution in [0, 0.1) is 0 Å². The molecule has 0 fully saturated rings. The van der Waals surface area contributed by atoms with Crippen LogP contribution in [0.5, 0.6) is 34.5 Å². The number of likely N-dealkylation sites (N-methyl/N-ethyl adjacent to an activating group) is 2. The van der Waals surface area contributed by atoms with Crippen LogP contribution in [0.3, 0.4) is 0 Å². The van der Waals surface area contributed by atoms with Crippen LogP contribution < -0.4 is 28.7 Å². The molecule has 0 aliphatic carbocycles. The quantitative estimate of drug-likeness (QED) is 0.239. The number of hydrogen-bond acceptors (Lipinski definition) is 9. The van der Waals surface area contributed by atoms with Gasteiger partial charge in [-0.2, -0.15) is 0 Å². The van der Waals surface area contributed by atoms with Crippen LogP contribution >= 0.6 is 31.9 Å². The molecule has 2 unspecified atom stereocenters. The van der Waals surface area contributed by atoms with Gasteiger partial charge in [-0.05, 0) is 36.4 Å². The Morgan fingerprint density at radius 2 is 1.30 bits per heavy atom. The third-order valence-electron chi connectivity index (χ3n) is 8.65. The van der Waals surface area contributed by atoms with E-state index in [0.29, 0.717) is 67.1 Å². The fourth-order valence-electron chi connectivity index (χ4n) is 6.53. The number of amides is 1. The number of aromatic hydroxyl groups is 2. The van der Waals surface area contributed by atoms with Gasteiger partial charge < -0.3 is 44.1 Å². The largest absolute Gasteiger partial charge is 0.507 e. The molecule has 238 valence electrons. The highest BCUT2D eigenvalue weighted by molar-refractivity contribution is 9.10. The summed E-state index contributed by atoms with van der Waals surface area (Å²) in [5.41, 5.74) is 2.97. The van der Waals surface area contributed by atoms with Crippen molar-refractivity contribution in [2.24, 2.45) is 0 Å². The monoisotopic (exact) mass is 752 g/mol. The number of fused-ring (bicyclic) bond motifs is 4. The minimum atomic E-state index is -1.33. The van der Waals surface area contributed by atoms with Crippen molar-refractivity contribution in [3.8, 4) is 34.5 Å². The summed E-state index contributed by atoms with van der Waals surface area (Å²) < 4.78 is 23.8. The van der Waals surface area contributed by atoms with E-state index in [-0.39, 0.29) is 17.4 Å². The van der Waals surface area contributed by atoms with E-state index in [0.717, 1.165) is 31.4 Å². The molecule has 4 aliphatic heterocycles. The van der Waals surface area contributed by atoms with Gasteiger partial charge in [0.25, 0.3) is 0 Å². The van der Waals surface area contributed by atoms with E-state index in [1.807, 2.05) is 48.3 Å². The van der Waals surface area contributed by atoms with Gasteiger partial charge in [-0.25, -0.2) is 0 Å². The minimum absolute atomic E-state index is 0.00578. The molecule has 1 amide bonds. The molecule has 4 heterocycles. The van der Waals surface area contributed by atoms with Crippen molar-refractivity contribution < 1.29 is 39.1 Å². The lowest BCUT2D eigenvalue weighted by Gasteiger charge is -2.28. The molecule has 0 saturated heterocycles. The van der Waals surface area contributed by atoms with Gasteiger partial charge >= 0.3 is 0 Å². The molecule has 4 aromatic carbocycles. The molecular weight excluding hydrogens is 724 g/mol. The van der Waals surface area contributed by atoms with Gasteiger partial charge in [0.15, 0.2) is 23.0 Å². The van der Waals surface area contributed by atoms with Gasteiger partial charge in [-0.1, -0.05) is 44.0 Å². The summed E-state index contributed by atoms with van der Waals surface area (Å²) in [6.45, 7) is 2.16. The Balaban J connectivity index is 0.000000147. The van der Waals surface area contributed by atoms with E-state index in [2.05, 4.69) is 31.9 Å². The molecular formula is C34H30Br2N2O8. The van der Waals surface area contributed by atoms with Gasteiger partial charge in [0, 0.05) is 68.8 Å². The van der Waals surface area contributed by atoms with Crippen molar-refractivity contribution in [3.05, 3.63) is 91.9 Å². The summed E-state index contributed by atoms with van der Waals surface area (Å²) in [5, 5.41) is 32.3. The SMILES string of the molecule is CN1C(=O)C(c2cc3c(cc2O)OCCO3)c2c(Br)cccc21.CN1CC(O)(c2cc3c(cc2O)OCCO3)c2c(Br)cccc21. The molecule has 4 aliphatic rings. The number of carbonyl (C=O) groups is 1. The molecule has 8 rings (SSSR count). The predicted octanol–water partition coefficient (Wildman–Crippen LogP) is 5.65. The fourth-order valence-corrected chi connectivity index (χ4v) is 7.80. The van der Waals surface area contributed by atoms with Crippen molar-refractivity contribution in [2.45, 2.75) is 11.5 Å². The van der Waals surface area contributed by atoms with Crippen LogP contribution in [-0.4, -0.2) is 68.3 Å². The number of hydrogen-bond donors (Lipinski definition) is 3. The van der Waals surface area contributed by atoms with E-state index >= 15 is 0 Å². The first-order valence-electron chi connectivity index (χ1n) is 14.6. The van der Waals surface area contributed by atoms with Gasteiger partial charge in [0.1, 0.15) is 43.5 Å². The summed E-state index contributed by atoms with van der Waals surface area (Å²) in [5.74, 6) is 1.47. The summed E-state index contributed by atoms with van der Waals surface area (Å²) in [7, 11) is 3.65. The molecule has 12 heteroatoms. The molecule has 10 nitrogen and oxygen atoms in total. The molecule has 3 N–H and O–H groups in total. The highest BCUT2D eigenvalue weighted by Crippen LogP contribution is 2.51. The highest BCUT2D eigenvalue weighted by Gasteiger charge is 2.45. The maximum absolute atomic E-state index is 12.8. The second kappa shape index (κ2) is 11.6. The number of benzene rings is 4. The Labute approximate surface area is 281 Å². The van der Waals surface area contributed by atoms with Crippen molar-refractivity contribution in [1.82, 2.24) is 0 Å². The van der Waals surface area contributed by atoms with Crippen molar-refractivity contribution >= 4 is 49.1 Å². The number of halogens is 2. The number of rotatable bonds is 2. The molecule has 0 aromatic heterocycles. The van der Waals surface area contributed by atoms with Crippen molar-refractivity contribution in [2.75, 3.05) is 56.9 Å². The van der Waals surface area contributed by atoms with Crippen LogP contribution in [0.1, 0.15) is 28.2 Å². The van der Waals surface area contributed by atoms with E-state index in [1.54, 1.807) is 24.1 Å². The summed E-state index contributed by atoms with van der Waals surface area (Å²) in [4.78, 5) is 16.3. The topological polar surface area (TPSA) is 121 Å². The van der Waals surface area contributed by atoms with Crippen LogP contribution in [0.15, 0.2) is 69.6 Å². The van der Waals surface area contributed by atoms with Crippen LogP contribution in [0.2, 0.25) is 0 Å². The lowest BCUT2D eigenvalue weighted by molar-refractivity contribution is -0.118. The summed E-state index contributed by atoms with van der Waals surface area (Å²) in [6.07, 6.45) is 0. The normalized spacial score (nSPS) is 20.5. The Kier molecular flexibility index (Phi) is 7.69. The maximum Gasteiger partial charge on any atom is 0.239 e. The Morgan fingerprint density at radius 1 is 0.761 bits per heavy atom. The minimum Gasteiger partial charge on any atom is -0.507 e. The first-order chi connectivity index (χ1) is 22.1. The second-order valence-corrected chi connectivity index (χ2v) is 13.1. The van der Waals surface area contributed by atoms with Gasteiger partial charge in [0.2, 0.25) is 5.91 Å². The molecule has 4 aromatic rings. The molecule has 0 saturated carbocycles. The molecule has 2 atom stereocenters. The van der Waals surface area contributed by atoms with E-state index in [4.69, 9.17) is 18.9 Å². The number of phenols is 2. The zero-order chi connectivity index (χ0) is 32.3. The van der Waals surface area contributed by atoms with E-state index < -0.39 is 11.5 Å². The molecule has 0 radical (unpaired) electrons. The average molecular weight is 754 g/mol. The van der Waals surface area contributed by atoms with E-state index in [9.17, 15) is 20.1 Å². The first-order valence-corrected chi connectivity index (χ1v) is 16.2. The Bertz CT molecular complexity index is 1880. The Morgan fingerprint density at radius 3 is 1.96 bits per heavy atom. The second-order valence-electron chi connectivity index (χ2n) is 11.4. The van der Waals surface area contributed by atoms with Gasteiger partial charge in [-0.3, -0.25) is 4.79 Å². The van der Waals surface area contributed by atoms with Crippen molar-refractivity contribution in [3.63, 3.8) is 0 Å². The number of carbonyl (C=O) groups excluding carboxylic acids is 1. The van der Waals surface area contributed by atoms with Crippen LogP contribution in [0.25, 0.3) is 0 Å².